The van der Waals surface area contributed by atoms with Crippen molar-refractivity contribution in [3.63, 3.8) is 0 Å². The third-order valence-electron chi connectivity index (χ3n) is 7.66. The van der Waals surface area contributed by atoms with Gasteiger partial charge in [0.15, 0.2) is 5.96 Å². The summed E-state index contributed by atoms with van der Waals surface area (Å²) in [6.07, 6.45) is 1.33. The molecule has 1 aliphatic heterocycles. The first-order chi connectivity index (χ1) is 19.4. The van der Waals surface area contributed by atoms with E-state index >= 15 is 0 Å². The van der Waals surface area contributed by atoms with Crippen molar-refractivity contribution < 1.29 is 27.9 Å². The number of nitrogens with two attached hydrogens (primary N) is 1. The molecule has 0 saturated carbocycles. The lowest BCUT2D eigenvalue weighted by atomic mass is 9.90. The van der Waals surface area contributed by atoms with Gasteiger partial charge in [-0.2, -0.15) is 0 Å². The van der Waals surface area contributed by atoms with Crippen molar-refractivity contribution in [1.29, 1.82) is 5.41 Å². The number of amides is 2. The molecule has 1 aliphatic rings. The number of likely N-dealkylation sites (tertiary alicyclic amines) is 1. The number of piperidine rings is 1. The molecule has 2 unspecified atom stereocenters. The van der Waals surface area contributed by atoms with E-state index in [4.69, 9.17) is 11.1 Å². The van der Waals surface area contributed by atoms with Gasteiger partial charge in [-0.25, -0.2) is 17.9 Å². The predicted octanol–water partition coefficient (Wildman–Crippen LogP) is 1.70. The number of aliphatic carboxylic acids is 1. The van der Waals surface area contributed by atoms with Crippen LogP contribution in [0.2, 0.25) is 0 Å². The lowest BCUT2D eigenvalue weighted by Crippen LogP contribution is -2.56. The van der Waals surface area contributed by atoms with E-state index in [0.717, 1.165) is 11.8 Å². The molecule has 1 saturated heterocycles. The van der Waals surface area contributed by atoms with Crippen LogP contribution in [0, 0.1) is 11.3 Å². The van der Waals surface area contributed by atoms with Crippen LogP contribution in [0.4, 0.5) is 0 Å². The molecular formula is C28H40N6O6S. The molecule has 1 heterocycles. The molecule has 12 nitrogen and oxygen atoms in total. The van der Waals surface area contributed by atoms with Crippen molar-refractivity contribution in [2.24, 2.45) is 11.7 Å². The molecule has 224 valence electrons. The zero-order valence-electron chi connectivity index (χ0n) is 23.7. The normalized spacial score (nSPS) is 17.8. The fraction of sp³-hybridized carbons (Fsp3) is 0.500. The molecule has 3 rings (SSSR count). The topological polar surface area (TPSA) is 186 Å². The third kappa shape index (κ3) is 7.94. The van der Waals surface area contributed by atoms with Gasteiger partial charge in [-0.05, 0) is 48.6 Å². The monoisotopic (exact) mass is 588 g/mol. The minimum absolute atomic E-state index is 0.0225. The van der Waals surface area contributed by atoms with Crippen molar-refractivity contribution in [3.8, 4) is 0 Å². The highest BCUT2D eigenvalue weighted by Gasteiger charge is 2.38. The summed E-state index contributed by atoms with van der Waals surface area (Å²) in [4.78, 5) is 41.3. The highest BCUT2D eigenvalue weighted by Crippen LogP contribution is 2.25. The summed E-state index contributed by atoms with van der Waals surface area (Å²) in [5.74, 6) is -3.21. The van der Waals surface area contributed by atoms with E-state index < -0.39 is 39.9 Å². The van der Waals surface area contributed by atoms with Crippen LogP contribution in [0.15, 0.2) is 47.4 Å². The first-order valence-corrected chi connectivity index (χ1v) is 15.2. The Hall–Kier alpha value is -3.71. The van der Waals surface area contributed by atoms with Crippen molar-refractivity contribution >= 4 is 44.5 Å². The molecule has 0 spiro atoms. The predicted molar refractivity (Wildman–Crippen MR) is 156 cm³/mol. The maximum Gasteiger partial charge on any atom is 0.326 e. The summed E-state index contributed by atoms with van der Waals surface area (Å²) in [6.45, 7) is 4.29. The SMILES string of the molecule is CCC(=O)N[C@@H](CC(NS(=O)(=O)c1ccc2ccccc2c1)C(CC)C(=O)N(C)[C@H]1CCCN(C(=N)N)C1)C(=O)O. The molecule has 0 aliphatic carbocycles. The molecule has 0 aromatic heterocycles. The zero-order valence-corrected chi connectivity index (χ0v) is 24.5. The summed E-state index contributed by atoms with van der Waals surface area (Å²) in [5, 5.41) is 21.6. The average Bonchev–Trinajstić information content (AvgIpc) is 2.95. The number of guanidine groups is 1. The maximum atomic E-state index is 13.9. The summed E-state index contributed by atoms with van der Waals surface area (Å²) in [5.41, 5.74) is 5.67. The smallest absolute Gasteiger partial charge is 0.326 e. The third-order valence-corrected chi connectivity index (χ3v) is 9.14. The number of rotatable bonds is 12. The fourth-order valence-corrected chi connectivity index (χ4v) is 6.56. The molecule has 1 fully saturated rings. The lowest BCUT2D eigenvalue weighted by Gasteiger charge is -2.40. The molecule has 13 heteroatoms. The summed E-state index contributed by atoms with van der Waals surface area (Å²) >= 11 is 0. The van der Waals surface area contributed by atoms with Crippen molar-refractivity contribution in [1.82, 2.24) is 19.8 Å². The lowest BCUT2D eigenvalue weighted by molar-refractivity contribution is -0.143. The number of carboxylic acid groups (broad SMARTS) is 1. The van der Waals surface area contributed by atoms with Gasteiger partial charge in [-0.15, -0.1) is 0 Å². The van der Waals surface area contributed by atoms with E-state index in [0.29, 0.717) is 24.9 Å². The minimum Gasteiger partial charge on any atom is -0.480 e. The first kappa shape index (κ1) is 31.8. The number of fused-ring (bicyclic) bond motifs is 1. The number of carbonyl (C=O) groups excluding carboxylic acids is 2. The Bertz CT molecular complexity index is 1380. The Morgan fingerprint density at radius 1 is 1.17 bits per heavy atom. The number of hydrogen-bond acceptors (Lipinski definition) is 6. The van der Waals surface area contributed by atoms with E-state index in [9.17, 15) is 27.9 Å². The second-order valence-corrected chi connectivity index (χ2v) is 12.1. The highest BCUT2D eigenvalue weighted by molar-refractivity contribution is 7.89. The average molecular weight is 589 g/mol. The summed E-state index contributed by atoms with van der Waals surface area (Å²) in [7, 11) is -2.57. The van der Waals surface area contributed by atoms with Crippen LogP contribution in [0.25, 0.3) is 10.8 Å². The molecule has 41 heavy (non-hydrogen) atoms. The van der Waals surface area contributed by atoms with Gasteiger partial charge in [-0.3, -0.25) is 15.0 Å². The number of carbonyl (C=O) groups is 3. The Balaban J connectivity index is 1.95. The molecule has 0 radical (unpaired) electrons. The van der Waals surface area contributed by atoms with Gasteiger partial charge in [0, 0.05) is 38.6 Å². The van der Waals surface area contributed by atoms with Gasteiger partial charge in [0.05, 0.1) is 10.8 Å². The second-order valence-electron chi connectivity index (χ2n) is 10.4. The van der Waals surface area contributed by atoms with Crippen LogP contribution in [0.1, 0.15) is 46.0 Å². The van der Waals surface area contributed by atoms with E-state index in [1.807, 2.05) is 12.1 Å². The Morgan fingerprint density at radius 3 is 2.46 bits per heavy atom. The maximum absolute atomic E-state index is 13.9. The number of benzene rings is 2. The van der Waals surface area contributed by atoms with Crippen LogP contribution in [-0.4, -0.2) is 85.3 Å². The molecule has 4 atom stereocenters. The van der Waals surface area contributed by atoms with Gasteiger partial charge in [-0.1, -0.05) is 44.2 Å². The second kappa shape index (κ2) is 13.8. The fourth-order valence-electron chi connectivity index (χ4n) is 5.23. The van der Waals surface area contributed by atoms with E-state index in [-0.39, 0.29) is 42.1 Å². The molecule has 0 bridgehead atoms. The van der Waals surface area contributed by atoms with E-state index in [1.54, 1.807) is 48.9 Å². The Morgan fingerprint density at radius 2 is 1.85 bits per heavy atom. The van der Waals surface area contributed by atoms with Crippen molar-refractivity contribution in [3.05, 3.63) is 42.5 Å². The Kier molecular flexibility index (Phi) is 10.7. The van der Waals surface area contributed by atoms with Crippen LogP contribution in [0.3, 0.4) is 0 Å². The van der Waals surface area contributed by atoms with Gasteiger partial charge in [0.1, 0.15) is 6.04 Å². The largest absolute Gasteiger partial charge is 0.480 e. The molecule has 6 N–H and O–H groups in total. The van der Waals surface area contributed by atoms with Gasteiger partial charge >= 0.3 is 5.97 Å². The van der Waals surface area contributed by atoms with Gasteiger partial charge < -0.3 is 26.0 Å². The van der Waals surface area contributed by atoms with E-state index in [2.05, 4.69) is 10.0 Å². The number of sulfonamides is 1. The van der Waals surface area contributed by atoms with Crippen molar-refractivity contribution in [2.45, 2.75) is 69.0 Å². The molecule has 2 aromatic rings. The van der Waals surface area contributed by atoms with Crippen molar-refractivity contribution in [2.75, 3.05) is 20.1 Å². The number of hydrogen-bond donors (Lipinski definition) is 5. The summed E-state index contributed by atoms with van der Waals surface area (Å²) < 4.78 is 29.9. The van der Waals surface area contributed by atoms with Gasteiger partial charge in [0.25, 0.3) is 0 Å². The summed E-state index contributed by atoms with van der Waals surface area (Å²) in [6, 6.07) is 9.13. The van der Waals surface area contributed by atoms with Crippen LogP contribution < -0.4 is 15.8 Å². The molecular weight excluding hydrogens is 548 g/mol. The highest BCUT2D eigenvalue weighted by atomic mass is 32.2. The number of carboxylic acids is 1. The van der Waals surface area contributed by atoms with Crippen LogP contribution in [-0.2, 0) is 24.4 Å². The number of nitrogens with zero attached hydrogens (tertiary/aromatic N) is 2. The first-order valence-electron chi connectivity index (χ1n) is 13.8. The molecule has 2 amide bonds. The minimum atomic E-state index is -4.19. The Labute approximate surface area is 240 Å². The zero-order chi connectivity index (χ0) is 30.3. The van der Waals surface area contributed by atoms with E-state index in [1.165, 1.54) is 12.1 Å². The standard InChI is InChI=1S/C28H40N6O6S/c1-4-22(26(36)33(3)20-11-8-14-34(17-20)28(29)30)23(16-24(27(37)38)31-25(35)5-2)32-41(39,40)21-13-12-18-9-6-7-10-19(18)15-21/h6-7,9-10,12-13,15,20,22-24,32H,4-5,8,11,14,16-17H2,1-3H3,(H3,29,30)(H,31,35)(H,37,38)/t20-,22?,23?,24-/m0/s1. The van der Waals surface area contributed by atoms with Crippen LogP contribution in [0.5, 0.6) is 0 Å². The quantitative estimate of drug-likeness (QED) is 0.183. The van der Waals surface area contributed by atoms with Gasteiger partial charge in [0.2, 0.25) is 21.8 Å². The van der Waals surface area contributed by atoms with Crippen LogP contribution >= 0.6 is 0 Å². The molecule has 2 aromatic carbocycles. The number of nitrogens with one attached hydrogen (secondary N) is 3. The number of likely N-dealkylation sites (N-methyl/N-ethyl adjacent to an activating group) is 1.